The van der Waals surface area contributed by atoms with Crippen LogP contribution in [0.4, 0.5) is 14.6 Å². The van der Waals surface area contributed by atoms with Gasteiger partial charge >= 0.3 is 0 Å². The Morgan fingerprint density at radius 2 is 1.63 bits per heavy atom. The maximum Gasteiger partial charge on any atom is 0.250 e. The second-order valence-electron chi connectivity index (χ2n) is 8.10. The van der Waals surface area contributed by atoms with E-state index >= 15 is 0 Å². The van der Waals surface area contributed by atoms with E-state index in [1.165, 1.54) is 24.3 Å². The van der Waals surface area contributed by atoms with Crippen molar-refractivity contribution in [1.29, 1.82) is 0 Å². The fourth-order valence-electron chi connectivity index (χ4n) is 3.85. The molecule has 0 spiro atoms. The lowest BCUT2D eigenvalue weighted by Gasteiger charge is -2.19. The Bertz CT molecular complexity index is 1360. The van der Waals surface area contributed by atoms with Crippen LogP contribution in [0.15, 0.2) is 66.7 Å². The van der Waals surface area contributed by atoms with Gasteiger partial charge < -0.3 is 20.8 Å². The van der Waals surface area contributed by atoms with E-state index in [2.05, 4.69) is 14.9 Å². The molecule has 5 rings (SSSR count). The molecule has 1 aromatic heterocycles. The molecule has 2 heterocycles. The van der Waals surface area contributed by atoms with E-state index in [4.69, 9.17) is 10.8 Å². The Balaban J connectivity index is 0.000000786. The number of hydrogen-bond donors (Lipinski definition) is 3. The molecule has 9 heteroatoms. The Morgan fingerprint density at radius 1 is 0.971 bits per heavy atom. The molecule has 0 bridgehead atoms. The molecule has 1 saturated heterocycles. The van der Waals surface area contributed by atoms with Crippen molar-refractivity contribution >= 4 is 22.6 Å². The number of para-hydroxylation sites is 1. The van der Waals surface area contributed by atoms with Gasteiger partial charge in [-0.25, -0.2) is 18.7 Å². The Kier molecular flexibility index (Phi) is 7.17. The van der Waals surface area contributed by atoms with Gasteiger partial charge in [0.05, 0.1) is 11.1 Å². The molecule has 0 aliphatic carbocycles. The minimum atomic E-state index is -1.36. The number of primary amides is 1. The molecule has 3 aromatic carbocycles. The molecule has 4 N–H and O–H groups in total. The van der Waals surface area contributed by atoms with Crippen molar-refractivity contribution in [2.45, 2.75) is 18.9 Å². The van der Waals surface area contributed by atoms with Crippen LogP contribution in [0, 0.1) is 11.6 Å². The van der Waals surface area contributed by atoms with Gasteiger partial charge in [0.1, 0.15) is 23.2 Å². The summed E-state index contributed by atoms with van der Waals surface area (Å²) in [5.74, 6) is -0.218. The summed E-state index contributed by atoms with van der Waals surface area (Å²) in [5.41, 5.74) is 6.38. The van der Waals surface area contributed by atoms with E-state index in [-0.39, 0.29) is 17.3 Å². The lowest BCUT2D eigenvalue weighted by Crippen LogP contribution is -2.20. The number of phenolic OH excluding ortho intramolecular Hbond substituents is 1. The van der Waals surface area contributed by atoms with Crippen LogP contribution in [-0.4, -0.2) is 39.2 Å². The van der Waals surface area contributed by atoms with Gasteiger partial charge in [0.25, 0.3) is 5.91 Å². The largest absolute Gasteiger partial charge is 0.507 e. The predicted octanol–water partition coefficient (Wildman–Crippen LogP) is 5.07. The van der Waals surface area contributed by atoms with Gasteiger partial charge in [-0.3, -0.25) is 4.79 Å². The average molecular weight is 487 g/mol. The SMILES string of the molecule is NC(=O)C(O)c1ccc(F)cc1.Oc1ccccc1-c1nc(N2CCCC2)c2cc(F)ccc2n1.[HH].[HH].[HH].[HH]. The van der Waals surface area contributed by atoms with Crippen LogP contribution in [0.5, 0.6) is 5.75 Å². The minimum absolute atomic E-state index is 0. The number of fused-ring (bicyclic) bond motifs is 1. The number of anilines is 1. The fourth-order valence-corrected chi connectivity index (χ4v) is 3.85. The number of nitrogens with two attached hydrogens (primary N) is 1. The molecule has 1 aliphatic rings. The molecule has 35 heavy (non-hydrogen) atoms. The van der Waals surface area contributed by atoms with Crippen LogP contribution in [0.2, 0.25) is 0 Å². The third-order valence-electron chi connectivity index (χ3n) is 5.64. The number of carbonyl (C=O) groups is 1. The zero-order valence-corrected chi connectivity index (χ0v) is 18.7. The summed E-state index contributed by atoms with van der Waals surface area (Å²) >= 11 is 0. The first-order valence-electron chi connectivity index (χ1n) is 11.1. The number of aliphatic hydroxyl groups is 1. The molecule has 188 valence electrons. The van der Waals surface area contributed by atoms with Gasteiger partial charge in [0, 0.05) is 24.2 Å². The number of benzene rings is 3. The Hall–Kier alpha value is -4.11. The lowest BCUT2D eigenvalue weighted by molar-refractivity contribution is -0.126. The molecule has 4 aromatic rings. The van der Waals surface area contributed by atoms with Crippen molar-refractivity contribution in [2.24, 2.45) is 5.73 Å². The van der Waals surface area contributed by atoms with Gasteiger partial charge in [-0.2, -0.15) is 0 Å². The molecule has 1 unspecified atom stereocenters. The standard InChI is InChI=1S/C18H16FN3O.C8H8FNO2.4H2/c19-12-7-8-15-14(11-12)18(22-9-3-4-10-22)21-17(20-15)13-5-1-2-6-16(13)23;9-6-3-1-5(2-4-6)7(11)8(10)12;;;;/h1-2,5-8,11,23H,3-4,9-10H2;1-4,7,11H,(H2,10,12);4*1H. The molecule has 7 nitrogen and oxygen atoms in total. The van der Waals surface area contributed by atoms with Crippen molar-refractivity contribution in [3.05, 3.63) is 83.9 Å². The lowest BCUT2D eigenvalue weighted by atomic mass is 10.1. The first kappa shape index (κ1) is 24.0. The summed E-state index contributed by atoms with van der Waals surface area (Å²) in [6, 6.07) is 16.5. The van der Waals surface area contributed by atoms with Crippen LogP contribution in [0.3, 0.4) is 0 Å². The molecular weight excluding hydrogens is 454 g/mol. The molecule has 1 atom stereocenters. The van der Waals surface area contributed by atoms with E-state index in [0.717, 1.165) is 43.9 Å². The Morgan fingerprint density at radius 3 is 2.29 bits per heavy atom. The van der Waals surface area contributed by atoms with E-state index in [9.17, 15) is 18.7 Å². The van der Waals surface area contributed by atoms with Crippen LogP contribution in [-0.2, 0) is 4.79 Å². The van der Waals surface area contributed by atoms with Gasteiger partial charge in [-0.05, 0) is 60.9 Å². The monoisotopic (exact) mass is 486 g/mol. The number of phenols is 1. The minimum Gasteiger partial charge on any atom is -0.507 e. The fraction of sp³-hybridized carbons (Fsp3) is 0.192. The summed E-state index contributed by atoms with van der Waals surface area (Å²) in [5, 5.41) is 19.9. The number of aromatic hydroxyl groups is 1. The van der Waals surface area contributed by atoms with Crippen molar-refractivity contribution in [3.63, 3.8) is 0 Å². The third-order valence-corrected chi connectivity index (χ3v) is 5.64. The van der Waals surface area contributed by atoms with Crippen LogP contribution >= 0.6 is 0 Å². The van der Waals surface area contributed by atoms with Crippen molar-refractivity contribution in [3.8, 4) is 17.1 Å². The highest BCUT2D eigenvalue weighted by atomic mass is 19.1. The van der Waals surface area contributed by atoms with Gasteiger partial charge in [0.2, 0.25) is 0 Å². The first-order chi connectivity index (χ1) is 16.8. The quantitative estimate of drug-likeness (QED) is 0.371. The first-order valence-corrected chi connectivity index (χ1v) is 11.1. The molecule has 1 aliphatic heterocycles. The van der Waals surface area contributed by atoms with E-state index in [1.807, 2.05) is 6.07 Å². The number of aromatic nitrogens is 2. The van der Waals surface area contributed by atoms with E-state index in [1.54, 1.807) is 24.3 Å². The second-order valence-corrected chi connectivity index (χ2v) is 8.10. The predicted molar refractivity (Wildman–Crippen MR) is 137 cm³/mol. The highest BCUT2D eigenvalue weighted by Gasteiger charge is 2.20. The van der Waals surface area contributed by atoms with Crippen LogP contribution < -0.4 is 10.6 Å². The molecular formula is C26H32F2N4O3. The van der Waals surface area contributed by atoms with Crippen LogP contribution in [0.25, 0.3) is 22.3 Å². The number of rotatable bonds is 4. The normalized spacial score (nSPS) is 13.9. The molecule has 1 amide bonds. The maximum absolute atomic E-state index is 13.7. The van der Waals surface area contributed by atoms with Gasteiger partial charge in [-0.15, -0.1) is 0 Å². The zero-order chi connectivity index (χ0) is 24.9. The highest BCUT2D eigenvalue weighted by molar-refractivity contribution is 5.91. The zero-order valence-electron chi connectivity index (χ0n) is 18.7. The number of aliphatic hydroxyl groups excluding tert-OH is 1. The maximum atomic E-state index is 13.7. The van der Waals surface area contributed by atoms with E-state index < -0.39 is 17.8 Å². The number of nitrogens with zero attached hydrogens (tertiary/aromatic N) is 3. The number of hydrogen-bond acceptors (Lipinski definition) is 6. The third kappa shape index (κ3) is 5.52. The molecule has 1 fully saturated rings. The summed E-state index contributed by atoms with van der Waals surface area (Å²) in [7, 11) is 0. The topological polar surface area (TPSA) is 113 Å². The number of halogens is 2. The second kappa shape index (κ2) is 10.4. The number of carbonyl (C=O) groups excluding carboxylic acids is 1. The Labute approximate surface area is 206 Å². The summed E-state index contributed by atoms with van der Waals surface area (Å²) in [6.07, 6.45) is 0.852. The summed E-state index contributed by atoms with van der Waals surface area (Å²) in [6.45, 7) is 1.81. The summed E-state index contributed by atoms with van der Waals surface area (Å²) in [4.78, 5) is 21.8. The van der Waals surface area contributed by atoms with Crippen molar-refractivity contribution < 1.29 is 29.5 Å². The highest BCUT2D eigenvalue weighted by Crippen LogP contribution is 2.33. The smallest absolute Gasteiger partial charge is 0.250 e. The average Bonchev–Trinajstić information content (AvgIpc) is 3.39. The van der Waals surface area contributed by atoms with Crippen molar-refractivity contribution in [2.75, 3.05) is 18.0 Å². The van der Waals surface area contributed by atoms with Gasteiger partial charge in [0.15, 0.2) is 11.9 Å². The molecule has 0 saturated carbocycles. The van der Waals surface area contributed by atoms with Crippen molar-refractivity contribution in [1.82, 2.24) is 9.97 Å². The van der Waals surface area contributed by atoms with Gasteiger partial charge in [-0.1, -0.05) is 24.3 Å². The van der Waals surface area contributed by atoms with E-state index in [0.29, 0.717) is 27.9 Å². The number of amides is 1. The summed E-state index contributed by atoms with van der Waals surface area (Å²) < 4.78 is 26.0. The van der Waals surface area contributed by atoms with Crippen LogP contribution in [0.1, 0.15) is 30.2 Å². The molecule has 0 radical (unpaired) electrons.